The summed E-state index contributed by atoms with van der Waals surface area (Å²) in [6, 6.07) is 11.2. The fourth-order valence-electron chi connectivity index (χ4n) is 4.14. The van der Waals surface area contributed by atoms with Crippen molar-refractivity contribution in [1.29, 1.82) is 0 Å². The van der Waals surface area contributed by atoms with E-state index in [4.69, 9.17) is 16.3 Å². The molecule has 0 saturated carbocycles. The van der Waals surface area contributed by atoms with Crippen molar-refractivity contribution in [2.24, 2.45) is 0 Å². The van der Waals surface area contributed by atoms with Crippen LogP contribution in [0.3, 0.4) is 0 Å². The number of para-hydroxylation sites is 2. The van der Waals surface area contributed by atoms with Crippen molar-refractivity contribution < 1.29 is 22.7 Å². The first-order valence-electron chi connectivity index (χ1n) is 10.9. The fraction of sp³-hybridized carbons (Fsp3) is 0.391. The number of anilines is 1. The predicted octanol–water partition coefficient (Wildman–Crippen LogP) is 3.06. The van der Waals surface area contributed by atoms with Crippen LogP contribution in [0.25, 0.3) is 0 Å². The molecule has 1 atom stereocenters. The van der Waals surface area contributed by atoms with Gasteiger partial charge >= 0.3 is 0 Å². The molecule has 8 nitrogen and oxygen atoms in total. The van der Waals surface area contributed by atoms with Crippen LogP contribution in [0.4, 0.5) is 5.69 Å². The van der Waals surface area contributed by atoms with Crippen LogP contribution < -0.4 is 15.0 Å². The summed E-state index contributed by atoms with van der Waals surface area (Å²) < 4.78 is 33.9. The zero-order valence-electron chi connectivity index (χ0n) is 18.3. The van der Waals surface area contributed by atoms with Gasteiger partial charge in [-0.05, 0) is 43.2 Å². The zero-order chi connectivity index (χ0) is 23.6. The molecule has 0 spiro atoms. The number of hydrogen-bond donors (Lipinski definition) is 1. The van der Waals surface area contributed by atoms with Crippen molar-refractivity contribution in [3.63, 3.8) is 0 Å². The SMILES string of the molecule is CNC(=O)C1CN(C(=O)c2ccc(Cl)c(S(=O)(=O)N3CCCCCC3)c2)c2ccccc2O1. The molecule has 4 rings (SSSR count). The molecule has 2 aliphatic rings. The quantitative estimate of drug-likeness (QED) is 0.709. The monoisotopic (exact) mass is 491 g/mol. The molecule has 2 aromatic carbocycles. The number of rotatable bonds is 4. The minimum absolute atomic E-state index is 0.00758. The molecule has 2 amide bonds. The smallest absolute Gasteiger partial charge is 0.262 e. The lowest BCUT2D eigenvalue weighted by Crippen LogP contribution is -2.50. The Balaban J connectivity index is 1.70. The van der Waals surface area contributed by atoms with Crippen LogP contribution in [0.1, 0.15) is 36.0 Å². The number of carbonyl (C=O) groups excluding carboxylic acids is 2. The van der Waals surface area contributed by atoms with Crippen molar-refractivity contribution in [2.75, 3.05) is 31.6 Å². The Labute approximate surface area is 198 Å². The second kappa shape index (κ2) is 9.70. The van der Waals surface area contributed by atoms with Crippen LogP contribution >= 0.6 is 11.6 Å². The van der Waals surface area contributed by atoms with E-state index in [0.717, 1.165) is 25.7 Å². The van der Waals surface area contributed by atoms with Gasteiger partial charge in [0.2, 0.25) is 10.0 Å². The molecule has 0 aromatic heterocycles. The molecule has 2 aliphatic heterocycles. The average molecular weight is 492 g/mol. The van der Waals surface area contributed by atoms with E-state index in [1.807, 2.05) is 0 Å². The van der Waals surface area contributed by atoms with Gasteiger partial charge in [0.1, 0.15) is 10.6 Å². The van der Waals surface area contributed by atoms with E-state index in [2.05, 4.69) is 5.32 Å². The average Bonchev–Trinajstić information content (AvgIpc) is 3.13. The van der Waals surface area contributed by atoms with E-state index in [-0.39, 0.29) is 27.9 Å². The van der Waals surface area contributed by atoms with Crippen molar-refractivity contribution in [3.05, 3.63) is 53.1 Å². The minimum atomic E-state index is -3.85. The van der Waals surface area contributed by atoms with Gasteiger partial charge < -0.3 is 15.0 Å². The van der Waals surface area contributed by atoms with E-state index in [1.165, 1.54) is 34.5 Å². The fourth-order valence-corrected chi connectivity index (χ4v) is 6.15. The van der Waals surface area contributed by atoms with E-state index >= 15 is 0 Å². The number of halogens is 1. The molecule has 1 N–H and O–H groups in total. The number of nitrogens with zero attached hydrogens (tertiary/aromatic N) is 2. The van der Waals surface area contributed by atoms with Gasteiger partial charge in [-0.3, -0.25) is 9.59 Å². The maximum atomic E-state index is 13.5. The maximum absolute atomic E-state index is 13.5. The van der Waals surface area contributed by atoms with Crippen molar-refractivity contribution >= 4 is 39.1 Å². The highest BCUT2D eigenvalue weighted by molar-refractivity contribution is 7.89. The van der Waals surface area contributed by atoms with Crippen LogP contribution in [-0.2, 0) is 14.8 Å². The van der Waals surface area contributed by atoms with Crippen molar-refractivity contribution in [1.82, 2.24) is 9.62 Å². The van der Waals surface area contributed by atoms with Crippen LogP contribution in [0, 0.1) is 0 Å². The number of fused-ring (bicyclic) bond motifs is 1. The highest BCUT2D eigenvalue weighted by atomic mass is 35.5. The van der Waals surface area contributed by atoms with E-state index < -0.39 is 22.0 Å². The van der Waals surface area contributed by atoms with Gasteiger partial charge in [-0.2, -0.15) is 4.31 Å². The van der Waals surface area contributed by atoms with Gasteiger partial charge in [0.25, 0.3) is 11.8 Å². The Morgan fingerprint density at radius 2 is 1.76 bits per heavy atom. The molecular weight excluding hydrogens is 466 g/mol. The largest absolute Gasteiger partial charge is 0.477 e. The lowest BCUT2D eigenvalue weighted by Gasteiger charge is -2.34. The molecule has 10 heteroatoms. The number of nitrogens with one attached hydrogen (secondary N) is 1. The normalized spacial score (nSPS) is 19.2. The predicted molar refractivity (Wildman–Crippen MR) is 125 cm³/mol. The van der Waals surface area contributed by atoms with E-state index in [0.29, 0.717) is 24.5 Å². The Morgan fingerprint density at radius 1 is 1.06 bits per heavy atom. The molecule has 2 aromatic rings. The van der Waals surface area contributed by atoms with Crippen molar-refractivity contribution in [2.45, 2.75) is 36.7 Å². The Bertz CT molecular complexity index is 1160. The standard InChI is InChI=1S/C23H26ClN3O5S/c1-25-22(28)20-15-27(18-8-4-5-9-19(18)32-20)23(29)16-10-11-17(24)21(14-16)33(30,31)26-12-6-2-3-7-13-26/h4-5,8-11,14,20H,2-3,6-7,12-13,15H2,1H3,(H,25,28). The first-order valence-corrected chi connectivity index (χ1v) is 12.7. The number of carbonyl (C=O) groups is 2. The molecule has 0 bridgehead atoms. The molecule has 176 valence electrons. The van der Waals surface area contributed by atoms with Crippen LogP contribution in [0.5, 0.6) is 5.75 Å². The number of likely N-dealkylation sites (N-methyl/N-ethyl adjacent to an activating group) is 1. The highest BCUT2D eigenvalue weighted by Gasteiger charge is 2.35. The van der Waals surface area contributed by atoms with Crippen LogP contribution in [0.2, 0.25) is 5.02 Å². The van der Waals surface area contributed by atoms with Gasteiger partial charge in [0.05, 0.1) is 17.3 Å². The molecule has 0 radical (unpaired) electrons. The van der Waals surface area contributed by atoms with E-state index in [1.54, 1.807) is 24.3 Å². The molecule has 1 unspecified atom stereocenters. The first-order chi connectivity index (χ1) is 15.8. The van der Waals surface area contributed by atoms with Gasteiger partial charge in [-0.15, -0.1) is 0 Å². The highest BCUT2D eigenvalue weighted by Crippen LogP contribution is 2.35. The van der Waals surface area contributed by atoms with Crippen LogP contribution in [0.15, 0.2) is 47.4 Å². The summed E-state index contributed by atoms with van der Waals surface area (Å²) in [7, 11) is -2.35. The summed E-state index contributed by atoms with van der Waals surface area (Å²) in [5, 5.41) is 2.61. The summed E-state index contributed by atoms with van der Waals surface area (Å²) in [6.07, 6.45) is 2.67. The second-order valence-corrected chi connectivity index (χ2v) is 10.4. The Kier molecular flexibility index (Phi) is 6.92. The molecule has 1 fully saturated rings. The number of sulfonamides is 1. The summed E-state index contributed by atoms with van der Waals surface area (Å²) in [6.45, 7) is 0.856. The Hall–Kier alpha value is -2.62. The zero-order valence-corrected chi connectivity index (χ0v) is 19.9. The summed E-state index contributed by atoms with van der Waals surface area (Å²) in [5.74, 6) is -0.399. The minimum Gasteiger partial charge on any atom is -0.477 e. The number of hydrogen-bond acceptors (Lipinski definition) is 5. The number of amides is 2. The van der Waals surface area contributed by atoms with Gasteiger partial charge in [-0.25, -0.2) is 8.42 Å². The molecular formula is C23H26ClN3O5S. The lowest BCUT2D eigenvalue weighted by molar-refractivity contribution is -0.127. The molecule has 0 aliphatic carbocycles. The summed E-state index contributed by atoms with van der Waals surface area (Å²) >= 11 is 6.29. The first kappa shape index (κ1) is 23.5. The topological polar surface area (TPSA) is 96.0 Å². The summed E-state index contributed by atoms with van der Waals surface area (Å²) in [5.41, 5.74) is 0.676. The third kappa shape index (κ3) is 4.71. The maximum Gasteiger partial charge on any atom is 0.262 e. The second-order valence-electron chi connectivity index (χ2n) is 8.07. The Morgan fingerprint density at radius 3 is 2.45 bits per heavy atom. The van der Waals surface area contributed by atoms with E-state index in [9.17, 15) is 18.0 Å². The third-order valence-electron chi connectivity index (χ3n) is 5.92. The third-order valence-corrected chi connectivity index (χ3v) is 8.30. The lowest BCUT2D eigenvalue weighted by atomic mass is 10.1. The van der Waals surface area contributed by atoms with Crippen molar-refractivity contribution in [3.8, 4) is 5.75 Å². The van der Waals surface area contributed by atoms with Gasteiger partial charge in [0.15, 0.2) is 6.10 Å². The number of benzene rings is 2. The molecule has 2 heterocycles. The summed E-state index contributed by atoms with van der Waals surface area (Å²) in [4.78, 5) is 27.1. The number of ether oxygens (including phenoxy) is 1. The van der Waals surface area contributed by atoms with Gasteiger partial charge in [-0.1, -0.05) is 36.6 Å². The molecule has 1 saturated heterocycles. The molecule has 33 heavy (non-hydrogen) atoms. The van der Waals surface area contributed by atoms with Crippen LogP contribution in [-0.4, -0.2) is 57.3 Å². The van der Waals surface area contributed by atoms with Gasteiger partial charge in [0, 0.05) is 25.7 Å².